The van der Waals surface area contributed by atoms with E-state index in [0.29, 0.717) is 13.2 Å². The molecular weight excluding hydrogens is 284 g/mol. The number of aryl methyl sites for hydroxylation is 1. The highest BCUT2D eigenvalue weighted by Gasteiger charge is 2.21. The van der Waals surface area contributed by atoms with Crippen molar-refractivity contribution in [2.24, 2.45) is 7.05 Å². The molecule has 1 aromatic carbocycles. The largest absolute Gasteiger partial charge is 0.490 e. The van der Waals surface area contributed by atoms with Crippen LogP contribution in [0.1, 0.15) is 29.4 Å². The minimum Gasteiger partial charge on any atom is -0.490 e. The van der Waals surface area contributed by atoms with E-state index in [9.17, 15) is 4.79 Å². The predicted octanol–water partition coefficient (Wildman–Crippen LogP) is 2.51. The van der Waals surface area contributed by atoms with Gasteiger partial charge in [0.25, 0.3) is 0 Å². The average molecular weight is 302 g/mol. The van der Waals surface area contributed by atoms with Gasteiger partial charge < -0.3 is 14.6 Å². The number of hydrogen-bond acceptors (Lipinski definition) is 4. The highest BCUT2D eigenvalue weighted by atomic mass is 16.5. The topological polar surface area (TPSA) is 73.6 Å². The highest BCUT2D eigenvalue weighted by Crippen LogP contribution is 2.39. The quantitative estimate of drug-likeness (QED) is 0.943. The first-order chi connectivity index (χ1) is 10.6. The molecule has 1 aromatic heterocycles. The summed E-state index contributed by atoms with van der Waals surface area (Å²) in [6.45, 7) is 3.31. The summed E-state index contributed by atoms with van der Waals surface area (Å²) >= 11 is 0. The summed E-state index contributed by atoms with van der Waals surface area (Å²) in [7, 11) is 1.74. The minimum absolute atomic E-state index is 0.0339. The van der Waals surface area contributed by atoms with E-state index in [1.165, 1.54) is 0 Å². The summed E-state index contributed by atoms with van der Waals surface area (Å²) in [6.07, 6.45) is 1.61. The molecule has 0 spiro atoms. The molecule has 0 radical (unpaired) electrons. The van der Waals surface area contributed by atoms with Crippen LogP contribution in [0.4, 0.5) is 0 Å². The standard InChI is InChI=1S/C16H18N2O4/c1-3-10-11(13-9-12(16(19)20)17-18(13)2)5-6-14-15(10)22-8-4-7-21-14/h5-6,9H,3-4,7-8H2,1-2H3,(H,19,20). The minimum atomic E-state index is -1.03. The van der Waals surface area contributed by atoms with Crippen molar-refractivity contribution in [1.29, 1.82) is 0 Å². The maximum Gasteiger partial charge on any atom is 0.356 e. The Morgan fingerprint density at radius 1 is 1.36 bits per heavy atom. The Morgan fingerprint density at radius 3 is 2.82 bits per heavy atom. The van der Waals surface area contributed by atoms with E-state index in [2.05, 4.69) is 5.10 Å². The van der Waals surface area contributed by atoms with Crippen molar-refractivity contribution in [2.75, 3.05) is 13.2 Å². The van der Waals surface area contributed by atoms with Crippen molar-refractivity contribution in [1.82, 2.24) is 9.78 Å². The van der Waals surface area contributed by atoms with E-state index < -0.39 is 5.97 Å². The molecule has 0 saturated carbocycles. The maximum absolute atomic E-state index is 11.1. The van der Waals surface area contributed by atoms with Crippen molar-refractivity contribution in [3.05, 3.63) is 29.5 Å². The normalized spacial score (nSPS) is 13.7. The lowest BCUT2D eigenvalue weighted by Crippen LogP contribution is -2.02. The third-order valence-corrected chi connectivity index (χ3v) is 3.75. The molecule has 0 bridgehead atoms. The fourth-order valence-electron chi connectivity index (χ4n) is 2.71. The number of hydrogen-bond donors (Lipinski definition) is 1. The van der Waals surface area contributed by atoms with E-state index >= 15 is 0 Å². The molecule has 0 aliphatic carbocycles. The molecule has 1 N–H and O–H groups in total. The number of nitrogens with zero attached hydrogens (tertiary/aromatic N) is 2. The summed E-state index contributed by atoms with van der Waals surface area (Å²) in [4.78, 5) is 11.1. The molecular formula is C16H18N2O4. The van der Waals surface area contributed by atoms with Crippen LogP contribution in [0.5, 0.6) is 11.5 Å². The number of benzene rings is 1. The maximum atomic E-state index is 11.1. The SMILES string of the molecule is CCc1c(-c2cc(C(=O)O)nn2C)ccc2c1OCCCO2. The molecule has 0 amide bonds. The summed E-state index contributed by atoms with van der Waals surface area (Å²) in [6, 6.07) is 5.40. The second-order valence-corrected chi connectivity index (χ2v) is 5.17. The van der Waals surface area contributed by atoms with Gasteiger partial charge in [-0.3, -0.25) is 4.68 Å². The van der Waals surface area contributed by atoms with Gasteiger partial charge in [0.1, 0.15) is 0 Å². The van der Waals surface area contributed by atoms with E-state index in [4.69, 9.17) is 14.6 Å². The lowest BCUT2D eigenvalue weighted by atomic mass is 10.00. The molecule has 0 fully saturated rings. The fraction of sp³-hybridized carbons (Fsp3) is 0.375. The molecule has 1 aliphatic heterocycles. The van der Waals surface area contributed by atoms with Gasteiger partial charge in [0.05, 0.1) is 18.9 Å². The zero-order valence-electron chi connectivity index (χ0n) is 12.6. The third-order valence-electron chi connectivity index (χ3n) is 3.75. The molecule has 3 rings (SSSR count). The zero-order chi connectivity index (χ0) is 15.7. The Labute approximate surface area is 128 Å². The molecule has 6 heteroatoms. The Bertz CT molecular complexity index is 721. The Hall–Kier alpha value is -2.50. The van der Waals surface area contributed by atoms with Gasteiger partial charge in [-0.05, 0) is 24.6 Å². The number of carboxylic acids is 1. The third kappa shape index (κ3) is 2.41. The van der Waals surface area contributed by atoms with Gasteiger partial charge in [0.2, 0.25) is 0 Å². The molecule has 22 heavy (non-hydrogen) atoms. The van der Waals surface area contributed by atoms with Gasteiger partial charge in [-0.2, -0.15) is 5.10 Å². The second-order valence-electron chi connectivity index (χ2n) is 5.17. The van der Waals surface area contributed by atoms with Crippen LogP contribution < -0.4 is 9.47 Å². The van der Waals surface area contributed by atoms with Crippen LogP contribution >= 0.6 is 0 Å². The van der Waals surface area contributed by atoms with Gasteiger partial charge >= 0.3 is 5.97 Å². The monoisotopic (exact) mass is 302 g/mol. The van der Waals surface area contributed by atoms with Gasteiger partial charge in [0.15, 0.2) is 17.2 Å². The number of rotatable bonds is 3. The number of fused-ring (bicyclic) bond motifs is 1. The molecule has 6 nitrogen and oxygen atoms in total. The highest BCUT2D eigenvalue weighted by molar-refractivity contribution is 5.87. The number of carbonyl (C=O) groups is 1. The van der Waals surface area contributed by atoms with Crippen LogP contribution in [0.2, 0.25) is 0 Å². The molecule has 116 valence electrons. The van der Waals surface area contributed by atoms with Crippen molar-refractivity contribution < 1.29 is 19.4 Å². The lowest BCUT2D eigenvalue weighted by molar-refractivity contribution is 0.0689. The van der Waals surface area contributed by atoms with Crippen molar-refractivity contribution in [3.8, 4) is 22.8 Å². The lowest BCUT2D eigenvalue weighted by Gasteiger charge is -2.16. The number of carboxylic acid groups (broad SMARTS) is 1. The van der Waals surface area contributed by atoms with Crippen LogP contribution in [-0.2, 0) is 13.5 Å². The smallest absolute Gasteiger partial charge is 0.356 e. The molecule has 0 saturated heterocycles. The van der Waals surface area contributed by atoms with E-state index in [1.807, 2.05) is 19.1 Å². The molecule has 0 unspecified atom stereocenters. The summed E-state index contributed by atoms with van der Waals surface area (Å²) in [5.74, 6) is 0.476. The van der Waals surface area contributed by atoms with Gasteiger partial charge in [0, 0.05) is 24.6 Å². The molecule has 0 atom stereocenters. The molecule has 2 aromatic rings. The van der Waals surface area contributed by atoms with Crippen molar-refractivity contribution in [2.45, 2.75) is 19.8 Å². The van der Waals surface area contributed by atoms with Crippen LogP contribution in [-0.4, -0.2) is 34.1 Å². The summed E-state index contributed by atoms with van der Waals surface area (Å²) in [5, 5.41) is 13.1. The van der Waals surface area contributed by atoms with Crippen molar-refractivity contribution >= 4 is 5.97 Å². The first kappa shape index (κ1) is 14.4. The van der Waals surface area contributed by atoms with Gasteiger partial charge in [-0.15, -0.1) is 0 Å². The Morgan fingerprint density at radius 2 is 2.14 bits per heavy atom. The van der Waals surface area contributed by atoms with E-state index in [0.717, 1.165) is 41.2 Å². The zero-order valence-corrected chi connectivity index (χ0v) is 12.6. The molecule has 2 heterocycles. The number of ether oxygens (including phenoxy) is 2. The van der Waals surface area contributed by atoms with Gasteiger partial charge in [-0.1, -0.05) is 6.92 Å². The van der Waals surface area contributed by atoms with Gasteiger partial charge in [-0.25, -0.2) is 4.79 Å². The molecule has 1 aliphatic rings. The summed E-state index contributed by atoms with van der Waals surface area (Å²) < 4.78 is 13.2. The van der Waals surface area contributed by atoms with Crippen molar-refractivity contribution in [3.63, 3.8) is 0 Å². The first-order valence-electron chi connectivity index (χ1n) is 7.31. The second kappa shape index (κ2) is 5.71. The Balaban J connectivity index is 2.15. The average Bonchev–Trinajstić information content (AvgIpc) is 2.74. The van der Waals surface area contributed by atoms with Crippen LogP contribution in [0.25, 0.3) is 11.3 Å². The number of aromatic carboxylic acids is 1. The Kier molecular flexibility index (Phi) is 3.75. The van der Waals surface area contributed by atoms with E-state index in [-0.39, 0.29) is 5.69 Å². The fourth-order valence-corrected chi connectivity index (χ4v) is 2.71. The van der Waals surface area contributed by atoms with E-state index in [1.54, 1.807) is 17.8 Å². The van der Waals surface area contributed by atoms with Crippen LogP contribution in [0.15, 0.2) is 18.2 Å². The van der Waals surface area contributed by atoms with Crippen LogP contribution in [0.3, 0.4) is 0 Å². The van der Waals surface area contributed by atoms with Crippen LogP contribution in [0, 0.1) is 0 Å². The first-order valence-corrected chi connectivity index (χ1v) is 7.31. The number of aromatic nitrogens is 2. The summed E-state index contributed by atoms with van der Waals surface area (Å²) in [5.41, 5.74) is 2.73. The predicted molar refractivity (Wildman–Crippen MR) is 80.6 cm³/mol.